The zero-order valence-electron chi connectivity index (χ0n) is 17.1. The Bertz CT molecular complexity index is 870. The van der Waals surface area contributed by atoms with E-state index in [2.05, 4.69) is 38.0 Å². The number of rotatable bonds is 2. The summed E-state index contributed by atoms with van der Waals surface area (Å²) in [7, 11) is 0. The number of likely N-dealkylation sites (tertiary alicyclic amines) is 1. The van der Waals surface area contributed by atoms with Crippen molar-refractivity contribution in [2.75, 3.05) is 42.5 Å². The first-order chi connectivity index (χ1) is 14.2. The van der Waals surface area contributed by atoms with E-state index in [1.54, 1.807) is 19.3 Å². The highest BCUT2D eigenvalue weighted by atomic mass is 16.2. The number of anilines is 2. The van der Waals surface area contributed by atoms with Gasteiger partial charge in [0.25, 0.3) is 0 Å². The summed E-state index contributed by atoms with van der Waals surface area (Å²) in [6.45, 7) is 6.88. The molecule has 1 aromatic heterocycles. The summed E-state index contributed by atoms with van der Waals surface area (Å²) in [6.07, 6.45) is 10.0. The molecule has 0 saturated carbocycles. The van der Waals surface area contributed by atoms with Gasteiger partial charge in [-0.15, -0.1) is 0 Å². The minimum absolute atomic E-state index is 0.138. The van der Waals surface area contributed by atoms with Crippen LogP contribution < -0.4 is 9.80 Å². The van der Waals surface area contributed by atoms with E-state index in [4.69, 9.17) is 0 Å². The summed E-state index contributed by atoms with van der Waals surface area (Å²) >= 11 is 0. The van der Waals surface area contributed by atoms with Gasteiger partial charge in [0.1, 0.15) is 5.82 Å². The van der Waals surface area contributed by atoms with Crippen molar-refractivity contribution in [2.24, 2.45) is 0 Å². The van der Waals surface area contributed by atoms with Gasteiger partial charge in [-0.25, -0.2) is 4.98 Å². The van der Waals surface area contributed by atoms with Crippen molar-refractivity contribution < 1.29 is 4.79 Å². The minimum Gasteiger partial charge on any atom is -0.355 e. The molecule has 1 amide bonds. The molecule has 0 aliphatic carbocycles. The second-order valence-electron chi connectivity index (χ2n) is 8.72. The number of amides is 1. The van der Waals surface area contributed by atoms with E-state index in [-0.39, 0.29) is 11.3 Å². The third kappa shape index (κ3) is 3.29. The molecule has 0 bridgehead atoms. The summed E-state index contributed by atoms with van der Waals surface area (Å²) in [5.41, 5.74) is 2.65. The molecule has 0 N–H and O–H groups in total. The summed E-state index contributed by atoms with van der Waals surface area (Å²) in [5.74, 6) is 1.16. The molecule has 152 valence electrons. The van der Waals surface area contributed by atoms with Crippen LogP contribution >= 0.6 is 0 Å². The zero-order chi connectivity index (χ0) is 19.8. The standard InChI is InChI=1S/C23H29N5O/c1-18(29)28-17-23(20-4-2-3-5-21(20)28)8-14-26(15-9-23)19-6-12-27(13-7-19)22-16-24-10-11-25-22/h2-5,10-11,16,19H,6-9,12-15,17H2,1H3. The molecule has 29 heavy (non-hydrogen) atoms. The van der Waals surface area contributed by atoms with Gasteiger partial charge in [0.2, 0.25) is 5.91 Å². The molecule has 4 heterocycles. The lowest BCUT2D eigenvalue weighted by Gasteiger charge is -2.45. The molecule has 0 atom stereocenters. The molecule has 6 nitrogen and oxygen atoms in total. The zero-order valence-corrected chi connectivity index (χ0v) is 17.1. The van der Waals surface area contributed by atoms with E-state index in [9.17, 15) is 4.79 Å². The second-order valence-corrected chi connectivity index (χ2v) is 8.72. The highest BCUT2D eigenvalue weighted by molar-refractivity contribution is 5.94. The van der Waals surface area contributed by atoms with Gasteiger partial charge in [0.05, 0.1) is 6.20 Å². The predicted molar refractivity (Wildman–Crippen MR) is 114 cm³/mol. The van der Waals surface area contributed by atoms with Gasteiger partial charge in [-0.05, 0) is 50.4 Å². The van der Waals surface area contributed by atoms with Crippen LogP contribution in [0.2, 0.25) is 0 Å². The van der Waals surface area contributed by atoms with Crippen molar-refractivity contribution in [3.63, 3.8) is 0 Å². The van der Waals surface area contributed by atoms with E-state index >= 15 is 0 Å². The fourth-order valence-corrected chi connectivity index (χ4v) is 5.57. The Morgan fingerprint density at radius 2 is 1.83 bits per heavy atom. The van der Waals surface area contributed by atoms with E-state index in [1.807, 2.05) is 17.2 Å². The maximum atomic E-state index is 12.2. The van der Waals surface area contributed by atoms with Crippen molar-refractivity contribution in [1.82, 2.24) is 14.9 Å². The number of hydrogen-bond acceptors (Lipinski definition) is 5. The normalized spacial score (nSPS) is 22.1. The number of fused-ring (bicyclic) bond motifs is 2. The van der Waals surface area contributed by atoms with Crippen LogP contribution in [0.1, 0.15) is 38.2 Å². The van der Waals surface area contributed by atoms with Gasteiger partial charge in [-0.3, -0.25) is 9.78 Å². The number of aromatic nitrogens is 2. The molecule has 1 aromatic carbocycles. The van der Waals surface area contributed by atoms with Crippen LogP contribution in [0, 0.1) is 0 Å². The molecule has 2 saturated heterocycles. The smallest absolute Gasteiger partial charge is 0.223 e. The maximum Gasteiger partial charge on any atom is 0.223 e. The Hall–Kier alpha value is -2.47. The molecule has 2 fully saturated rings. The first-order valence-electron chi connectivity index (χ1n) is 10.8. The molecule has 5 rings (SSSR count). The largest absolute Gasteiger partial charge is 0.355 e. The molecule has 0 unspecified atom stereocenters. The Kier molecular flexibility index (Phi) is 4.74. The number of piperidine rings is 2. The van der Waals surface area contributed by atoms with E-state index < -0.39 is 0 Å². The highest BCUT2D eigenvalue weighted by Crippen LogP contribution is 2.47. The Labute approximate surface area is 172 Å². The Morgan fingerprint density at radius 3 is 2.52 bits per heavy atom. The summed E-state index contributed by atoms with van der Waals surface area (Å²) < 4.78 is 0. The predicted octanol–water partition coefficient (Wildman–Crippen LogP) is 2.85. The van der Waals surface area contributed by atoms with E-state index in [1.165, 1.54) is 18.4 Å². The molecule has 3 aliphatic rings. The number of carbonyl (C=O) groups excluding carboxylic acids is 1. The third-order valence-corrected chi connectivity index (χ3v) is 7.22. The molecule has 3 aliphatic heterocycles. The van der Waals surface area contributed by atoms with Crippen molar-refractivity contribution in [3.05, 3.63) is 48.4 Å². The fraction of sp³-hybridized carbons (Fsp3) is 0.522. The molecular formula is C23H29N5O. The van der Waals surface area contributed by atoms with Crippen LogP contribution in [-0.4, -0.2) is 59.5 Å². The number of para-hydroxylation sites is 1. The summed E-state index contributed by atoms with van der Waals surface area (Å²) in [5, 5.41) is 0. The fourth-order valence-electron chi connectivity index (χ4n) is 5.57. The van der Waals surface area contributed by atoms with Crippen LogP contribution in [0.3, 0.4) is 0 Å². The van der Waals surface area contributed by atoms with Gasteiger partial charge in [0, 0.05) is 56.1 Å². The highest BCUT2D eigenvalue weighted by Gasteiger charge is 2.46. The SMILES string of the molecule is CC(=O)N1CC2(CCN(C3CCN(c4cnccn4)CC3)CC2)c2ccccc21. The monoisotopic (exact) mass is 391 g/mol. The first-order valence-corrected chi connectivity index (χ1v) is 10.8. The van der Waals surface area contributed by atoms with Gasteiger partial charge < -0.3 is 14.7 Å². The van der Waals surface area contributed by atoms with Gasteiger partial charge in [0.15, 0.2) is 0 Å². The van der Waals surface area contributed by atoms with E-state index in [0.29, 0.717) is 6.04 Å². The van der Waals surface area contributed by atoms with Crippen LogP contribution in [0.4, 0.5) is 11.5 Å². The number of carbonyl (C=O) groups is 1. The average Bonchev–Trinajstić information content (AvgIpc) is 3.10. The van der Waals surface area contributed by atoms with Crippen LogP contribution in [0.5, 0.6) is 0 Å². The second kappa shape index (κ2) is 7.41. The Morgan fingerprint density at radius 1 is 1.07 bits per heavy atom. The lowest BCUT2D eigenvalue weighted by atomic mass is 9.74. The number of benzene rings is 1. The van der Waals surface area contributed by atoms with E-state index in [0.717, 1.165) is 57.1 Å². The van der Waals surface area contributed by atoms with Crippen molar-refractivity contribution in [3.8, 4) is 0 Å². The van der Waals surface area contributed by atoms with Gasteiger partial charge in [-0.1, -0.05) is 18.2 Å². The molecule has 2 aromatic rings. The third-order valence-electron chi connectivity index (χ3n) is 7.22. The average molecular weight is 392 g/mol. The lowest BCUT2D eigenvalue weighted by Crippen LogP contribution is -2.52. The van der Waals surface area contributed by atoms with Crippen molar-refractivity contribution in [1.29, 1.82) is 0 Å². The summed E-state index contributed by atoms with van der Waals surface area (Å²) in [6, 6.07) is 9.18. The number of hydrogen-bond donors (Lipinski definition) is 0. The van der Waals surface area contributed by atoms with Crippen molar-refractivity contribution >= 4 is 17.4 Å². The summed E-state index contributed by atoms with van der Waals surface area (Å²) in [4.78, 5) is 27.9. The molecular weight excluding hydrogens is 362 g/mol. The van der Waals surface area contributed by atoms with Crippen LogP contribution in [0.25, 0.3) is 0 Å². The first kappa shape index (κ1) is 18.6. The lowest BCUT2D eigenvalue weighted by molar-refractivity contribution is -0.116. The van der Waals surface area contributed by atoms with Gasteiger partial charge in [-0.2, -0.15) is 0 Å². The molecule has 1 spiro atoms. The van der Waals surface area contributed by atoms with Crippen LogP contribution in [0.15, 0.2) is 42.9 Å². The number of nitrogens with zero attached hydrogens (tertiary/aromatic N) is 5. The quantitative estimate of drug-likeness (QED) is 0.788. The molecule has 0 radical (unpaired) electrons. The van der Waals surface area contributed by atoms with Gasteiger partial charge >= 0.3 is 0 Å². The van der Waals surface area contributed by atoms with Crippen LogP contribution in [-0.2, 0) is 10.2 Å². The molecule has 6 heteroatoms. The Balaban J connectivity index is 1.23. The topological polar surface area (TPSA) is 52.6 Å². The van der Waals surface area contributed by atoms with Crippen molar-refractivity contribution in [2.45, 2.75) is 44.1 Å². The minimum atomic E-state index is 0.138. The maximum absolute atomic E-state index is 12.2.